The quantitative estimate of drug-likeness (QED) is 0.414. The summed E-state index contributed by atoms with van der Waals surface area (Å²) in [5.41, 5.74) is 1.47. The summed E-state index contributed by atoms with van der Waals surface area (Å²) in [5, 5.41) is 0.284. The molecule has 0 bridgehead atoms. The molecule has 0 aromatic rings. The Morgan fingerprint density at radius 3 is 2.15 bits per heavy atom. The van der Waals surface area contributed by atoms with Gasteiger partial charge in [0.25, 0.3) is 0 Å². The van der Waals surface area contributed by atoms with Crippen LogP contribution >= 0.6 is 22.6 Å². The van der Waals surface area contributed by atoms with Crippen LogP contribution in [0, 0.1) is 0 Å². The topological polar surface area (TPSA) is 18.5 Å². The minimum absolute atomic E-state index is 0.284. The Morgan fingerprint density at radius 2 is 1.70 bits per heavy atom. The molecule has 2 nitrogen and oxygen atoms in total. The lowest BCUT2D eigenvalue weighted by molar-refractivity contribution is 0.240. The van der Waals surface area contributed by atoms with Crippen molar-refractivity contribution in [1.82, 2.24) is 0 Å². The average Bonchev–Trinajstić information content (AvgIpc) is 2.54. The van der Waals surface area contributed by atoms with Gasteiger partial charge in [0.05, 0.1) is 12.7 Å². The zero-order chi connectivity index (χ0) is 15.8. The molecule has 1 unspecified atom stereocenters. The van der Waals surface area contributed by atoms with Crippen LogP contribution < -0.4 is 0 Å². The Balaban J connectivity index is 2.66. The average molecular weight is 426 g/mol. The molecule has 1 atom stereocenters. The third-order valence-electron chi connectivity index (χ3n) is 4.24. The minimum Gasteiger partial charge on any atom is -0.413 e. The largest absolute Gasteiger partial charge is 0.413 e. The Labute approximate surface area is 141 Å². The normalized spacial score (nSPS) is 21.8. The van der Waals surface area contributed by atoms with E-state index in [9.17, 15) is 0 Å². The fourth-order valence-corrected chi connectivity index (χ4v) is 5.10. The molecule has 0 aliphatic heterocycles. The van der Waals surface area contributed by atoms with Gasteiger partial charge in [-0.15, -0.1) is 0 Å². The summed E-state index contributed by atoms with van der Waals surface area (Å²) >= 11 is 2.48. The van der Waals surface area contributed by atoms with Crippen LogP contribution in [0.3, 0.4) is 0 Å². The highest BCUT2D eigenvalue weighted by Gasteiger charge is 2.38. The lowest BCUT2D eigenvalue weighted by atomic mass is 10.2. The molecule has 0 saturated carbocycles. The van der Waals surface area contributed by atoms with Crippen LogP contribution in [0.15, 0.2) is 9.15 Å². The first-order valence-electron chi connectivity index (χ1n) is 7.53. The monoisotopic (exact) mass is 426 g/mol. The summed E-state index contributed by atoms with van der Waals surface area (Å²) in [6.45, 7) is 19.1. The first-order valence-corrected chi connectivity index (χ1v) is 14.9. The predicted molar refractivity (Wildman–Crippen MR) is 102 cm³/mol. The van der Waals surface area contributed by atoms with E-state index in [4.69, 9.17) is 8.85 Å². The highest BCUT2D eigenvalue weighted by Crippen LogP contribution is 2.39. The third kappa shape index (κ3) is 5.23. The van der Waals surface area contributed by atoms with Gasteiger partial charge in [0.1, 0.15) is 0 Å². The van der Waals surface area contributed by atoms with Crippen molar-refractivity contribution in [2.24, 2.45) is 0 Å². The molecule has 1 rings (SSSR count). The molecule has 0 N–H and O–H groups in total. The van der Waals surface area contributed by atoms with Crippen molar-refractivity contribution in [3.63, 3.8) is 0 Å². The van der Waals surface area contributed by atoms with Crippen LogP contribution in [0.2, 0.25) is 37.8 Å². The highest BCUT2D eigenvalue weighted by molar-refractivity contribution is 14.1. The molecule has 0 fully saturated rings. The number of rotatable bonds is 5. The Hall–Kier alpha value is 0.824. The molecule has 20 heavy (non-hydrogen) atoms. The second-order valence-electron chi connectivity index (χ2n) is 8.26. The van der Waals surface area contributed by atoms with Crippen LogP contribution in [0.4, 0.5) is 0 Å². The van der Waals surface area contributed by atoms with Gasteiger partial charge in [0.2, 0.25) is 0 Å². The fourth-order valence-electron chi connectivity index (χ4n) is 1.94. The van der Waals surface area contributed by atoms with Crippen LogP contribution in [-0.4, -0.2) is 29.3 Å². The Bertz CT molecular complexity index is 378. The number of hydrogen-bond donors (Lipinski definition) is 0. The molecule has 118 valence electrons. The van der Waals surface area contributed by atoms with Gasteiger partial charge in [0, 0.05) is 3.58 Å². The molecule has 0 aromatic heterocycles. The highest BCUT2D eigenvalue weighted by atomic mass is 127. The molecular weight excluding hydrogens is 395 g/mol. The van der Waals surface area contributed by atoms with Crippen molar-refractivity contribution in [2.45, 2.75) is 77.5 Å². The first-order chi connectivity index (χ1) is 8.83. The zero-order valence-corrected chi connectivity index (χ0v) is 18.6. The number of halogens is 1. The van der Waals surface area contributed by atoms with E-state index < -0.39 is 16.6 Å². The standard InChI is InChI=1S/C15H31IO2Si2/c1-15(2,3)20(7,8)17-11-12-9-10-13(14(12)16)18-19(4,5)6/h13H,9-11H2,1-8H3. The minimum atomic E-state index is -1.64. The molecule has 5 heteroatoms. The molecule has 1 aliphatic carbocycles. The molecule has 0 spiro atoms. The number of hydrogen-bond acceptors (Lipinski definition) is 2. The predicted octanol–water partition coefficient (Wildman–Crippen LogP) is 5.71. The van der Waals surface area contributed by atoms with Crippen LogP contribution in [-0.2, 0) is 8.85 Å². The van der Waals surface area contributed by atoms with Gasteiger partial charge in [-0.25, -0.2) is 0 Å². The summed E-state index contributed by atoms with van der Waals surface area (Å²) in [6, 6.07) is 0. The van der Waals surface area contributed by atoms with Gasteiger partial charge in [-0.1, -0.05) is 20.8 Å². The molecular formula is C15H31IO2Si2. The van der Waals surface area contributed by atoms with Crippen molar-refractivity contribution >= 4 is 39.2 Å². The molecule has 0 radical (unpaired) electrons. The molecule has 0 amide bonds. The van der Waals surface area contributed by atoms with E-state index in [-0.39, 0.29) is 5.04 Å². The van der Waals surface area contributed by atoms with Crippen molar-refractivity contribution < 1.29 is 8.85 Å². The van der Waals surface area contributed by atoms with E-state index in [0.717, 1.165) is 19.4 Å². The van der Waals surface area contributed by atoms with E-state index >= 15 is 0 Å². The third-order valence-corrected chi connectivity index (χ3v) is 11.2. The summed E-state index contributed by atoms with van der Waals surface area (Å²) in [7, 11) is -3.09. The lowest BCUT2D eigenvalue weighted by Crippen LogP contribution is -2.41. The molecule has 0 aromatic carbocycles. The van der Waals surface area contributed by atoms with E-state index in [1.165, 1.54) is 9.15 Å². The zero-order valence-electron chi connectivity index (χ0n) is 14.4. The molecule has 0 heterocycles. The van der Waals surface area contributed by atoms with E-state index in [2.05, 4.69) is 76.1 Å². The van der Waals surface area contributed by atoms with Crippen molar-refractivity contribution in [1.29, 1.82) is 0 Å². The molecule has 0 saturated heterocycles. The maximum Gasteiger partial charge on any atom is 0.192 e. The second kappa shape index (κ2) is 6.52. The maximum atomic E-state index is 6.36. The Morgan fingerprint density at radius 1 is 1.15 bits per heavy atom. The first kappa shape index (κ1) is 18.9. The van der Waals surface area contributed by atoms with E-state index in [1.54, 1.807) is 0 Å². The van der Waals surface area contributed by atoms with Gasteiger partial charge in [0.15, 0.2) is 16.6 Å². The van der Waals surface area contributed by atoms with Crippen LogP contribution in [0.25, 0.3) is 0 Å². The van der Waals surface area contributed by atoms with Gasteiger partial charge in [-0.2, -0.15) is 0 Å². The van der Waals surface area contributed by atoms with Gasteiger partial charge in [-0.05, 0) is 78.8 Å². The van der Waals surface area contributed by atoms with Gasteiger partial charge >= 0.3 is 0 Å². The molecule has 1 aliphatic rings. The summed E-state index contributed by atoms with van der Waals surface area (Å²) in [4.78, 5) is 0. The SMILES string of the molecule is CC(C)(C)[Si](C)(C)OCC1=C(I)C(O[Si](C)(C)C)CC1. The van der Waals surface area contributed by atoms with Crippen LogP contribution in [0.1, 0.15) is 33.6 Å². The summed E-state index contributed by atoms with van der Waals surface area (Å²) in [6.07, 6.45) is 2.61. The van der Waals surface area contributed by atoms with Crippen molar-refractivity contribution in [2.75, 3.05) is 6.61 Å². The van der Waals surface area contributed by atoms with Gasteiger partial charge < -0.3 is 8.85 Å². The Kier molecular flexibility index (Phi) is 6.15. The van der Waals surface area contributed by atoms with E-state index in [0.29, 0.717) is 6.10 Å². The van der Waals surface area contributed by atoms with E-state index in [1.807, 2.05) is 0 Å². The fraction of sp³-hybridized carbons (Fsp3) is 0.867. The lowest BCUT2D eigenvalue weighted by Gasteiger charge is -2.36. The summed E-state index contributed by atoms with van der Waals surface area (Å²) in [5.74, 6) is 0. The van der Waals surface area contributed by atoms with Crippen LogP contribution in [0.5, 0.6) is 0 Å². The van der Waals surface area contributed by atoms with Gasteiger partial charge in [-0.3, -0.25) is 0 Å². The summed E-state index contributed by atoms with van der Waals surface area (Å²) < 4.78 is 14.0. The van der Waals surface area contributed by atoms with Crippen molar-refractivity contribution in [3.8, 4) is 0 Å². The second-order valence-corrected chi connectivity index (χ2v) is 18.7. The maximum absolute atomic E-state index is 6.36. The van der Waals surface area contributed by atoms with Crippen molar-refractivity contribution in [3.05, 3.63) is 9.15 Å². The smallest absolute Gasteiger partial charge is 0.192 e.